The van der Waals surface area contributed by atoms with E-state index in [1.165, 1.54) is 19.4 Å². The second-order valence-corrected chi connectivity index (χ2v) is 3.04. The van der Waals surface area contributed by atoms with E-state index in [4.69, 9.17) is 4.74 Å². The van der Waals surface area contributed by atoms with Crippen molar-refractivity contribution in [3.63, 3.8) is 0 Å². The van der Waals surface area contributed by atoms with E-state index in [0.29, 0.717) is 3.70 Å². The smallest absolute Gasteiger partial charge is 0.329 e. The Balaban J connectivity index is 3.20. The fraction of sp³-hybridized carbons (Fsp3) is 0.167. The minimum atomic E-state index is -0.526. The highest BCUT2D eigenvalue weighted by molar-refractivity contribution is 14.1. The van der Waals surface area contributed by atoms with Gasteiger partial charge in [0.2, 0.25) is 5.75 Å². The van der Waals surface area contributed by atoms with Crippen LogP contribution in [0.5, 0.6) is 5.75 Å². The van der Waals surface area contributed by atoms with Crippen LogP contribution in [0.25, 0.3) is 0 Å². The lowest BCUT2D eigenvalue weighted by Gasteiger charge is -1.99. The van der Waals surface area contributed by atoms with Gasteiger partial charge < -0.3 is 4.74 Å². The topological polar surface area (TPSA) is 65.3 Å². The van der Waals surface area contributed by atoms with Crippen LogP contribution in [0.3, 0.4) is 0 Å². The molecule has 1 rings (SSSR count). The van der Waals surface area contributed by atoms with Crippen LogP contribution >= 0.6 is 22.6 Å². The molecule has 64 valence electrons. The zero-order chi connectivity index (χ0) is 9.14. The third-order valence-electron chi connectivity index (χ3n) is 1.23. The summed E-state index contributed by atoms with van der Waals surface area (Å²) in [6.45, 7) is 0. The molecular formula is C6H5IN2O3. The molecule has 0 N–H and O–H groups in total. The first kappa shape index (κ1) is 9.17. The number of rotatable bonds is 2. The van der Waals surface area contributed by atoms with Gasteiger partial charge in [-0.15, -0.1) is 0 Å². The van der Waals surface area contributed by atoms with E-state index in [2.05, 4.69) is 4.98 Å². The second kappa shape index (κ2) is 3.65. The van der Waals surface area contributed by atoms with Crippen LogP contribution < -0.4 is 4.74 Å². The average molecular weight is 280 g/mol. The summed E-state index contributed by atoms with van der Waals surface area (Å²) in [5.41, 5.74) is -0.113. The molecule has 1 heterocycles. The van der Waals surface area contributed by atoms with Crippen molar-refractivity contribution in [1.29, 1.82) is 0 Å². The van der Waals surface area contributed by atoms with Crippen molar-refractivity contribution in [2.75, 3.05) is 7.11 Å². The summed E-state index contributed by atoms with van der Waals surface area (Å²) in [6, 6.07) is 1.51. The number of methoxy groups -OCH3 is 1. The maximum Gasteiger partial charge on any atom is 0.329 e. The number of nitro groups is 1. The van der Waals surface area contributed by atoms with Gasteiger partial charge in [0.1, 0.15) is 9.90 Å². The molecule has 0 unspecified atom stereocenters. The normalized spacial score (nSPS) is 9.50. The summed E-state index contributed by atoms with van der Waals surface area (Å²) in [6.07, 6.45) is 1.18. The van der Waals surface area contributed by atoms with E-state index in [1.807, 2.05) is 22.6 Å². The van der Waals surface area contributed by atoms with E-state index in [-0.39, 0.29) is 11.4 Å². The molecule has 1 aromatic heterocycles. The van der Waals surface area contributed by atoms with Crippen LogP contribution in [0.4, 0.5) is 5.69 Å². The Morgan fingerprint density at radius 2 is 2.42 bits per heavy atom. The Morgan fingerprint density at radius 1 is 1.75 bits per heavy atom. The maximum absolute atomic E-state index is 10.4. The van der Waals surface area contributed by atoms with E-state index in [0.717, 1.165) is 0 Å². The van der Waals surface area contributed by atoms with Gasteiger partial charge in [0.25, 0.3) is 0 Å². The van der Waals surface area contributed by atoms with Gasteiger partial charge in [-0.25, -0.2) is 4.98 Å². The standard InChI is InChI=1S/C6H5IN2O3/c1-12-5-2-6(7)8-3-4(5)9(10)11/h2-3H,1H3. The minimum Gasteiger partial charge on any atom is -0.490 e. The highest BCUT2D eigenvalue weighted by Gasteiger charge is 2.14. The van der Waals surface area contributed by atoms with Gasteiger partial charge in [-0.1, -0.05) is 0 Å². The van der Waals surface area contributed by atoms with E-state index in [1.54, 1.807) is 0 Å². The molecule has 1 aromatic rings. The third kappa shape index (κ3) is 1.81. The van der Waals surface area contributed by atoms with Gasteiger partial charge in [-0.2, -0.15) is 0 Å². The number of aromatic nitrogens is 1. The van der Waals surface area contributed by atoms with E-state index in [9.17, 15) is 10.1 Å². The number of ether oxygens (including phenoxy) is 1. The van der Waals surface area contributed by atoms with Crippen molar-refractivity contribution in [2.45, 2.75) is 0 Å². The second-order valence-electron chi connectivity index (χ2n) is 1.94. The summed E-state index contributed by atoms with van der Waals surface area (Å²) < 4.78 is 5.46. The van der Waals surface area contributed by atoms with Crippen LogP contribution in [-0.4, -0.2) is 17.0 Å². The summed E-state index contributed by atoms with van der Waals surface area (Å²) in [5.74, 6) is 0.236. The maximum atomic E-state index is 10.4. The van der Waals surface area contributed by atoms with Crippen molar-refractivity contribution in [2.24, 2.45) is 0 Å². The molecule has 0 atom stereocenters. The molecule has 0 aliphatic rings. The van der Waals surface area contributed by atoms with Gasteiger partial charge in [-0.05, 0) is 22.6 Å². The highest BCUT2D eigenvalue weighted by atomic mass is 127. The molecule has 6 heteroatoms. The molecule has 0 aliphatic carbocycles. The fourth-order valence-corrected chi connectivity index (χ4v) is 1.13. The Kier molecular flexibility index (Phi) is 2.79. The summed E-state index contributed by atoms with van der Waals surface area (Å²) in [5, 5.41) is 10.4. The van der Waals surface area contributed by atoms with Gasteiger partial charge >= 0.3 is 5.69 Å². The number of hydrogen-bond donors (Lipinski definition) is 0. The van der Waals surface area contributed by atoms with Crippen molar-refractivity contribution in [3.05, 3.63) is 26.1 Å². The number of halogens is 1. The first-order chi connectivity index (χ1) is 5.65. The van der Waals surface area contributed by atoms with Crippen LogP contribution in [0.1, 0.15) is 0 Å². The molecule has 0 radical (unpaired) electrons. The Hall–Kier alpha value is -0.920. The SMILES string of the molecule is COc1cc(I)ncc1[N+](=O)[O-]. The summed E-state index contributed by atoms with van der Waals surface area (Å²) in [7, 11) is 1.39. The molecule has 0 bridgehead atoms. The van der Waals surface area contributed by atoms with Crippen molar-refractivity contribution in [3.8, 4) is 5.75 Å². The molecule has 0 saturated heterocycles. The largest absolute Gasteiger partial charge is 0.490 e. The molecule has 0 amide bonds. The molecule has 12 heavy (non-hydrogen) atoms. The first-order valence-electron chi connectivity index (χ1n) is 2.99. The van der Waals surface area contributed by atoms with Gasteiger partial charge in [0, 0.05) is 6.07 Å². The predicted molar refractivity (Wildman–Crippen MR) is 50.2 cm³/mol. The third-order valence-corrected chi connectivity index (χ3v) is 1.82. The van der Waals surface area contributed by atoms with Gasteiger partial charge in [0.15, 0.2) is 0 Å². The number of nitrogens with zero attached hydrogens (tertiary/aromatic N) is 2. The first-order valence-corrected chi connectivity index (χ1v) is 4.07. The van der Waals surface area contributed by atoms with Crippen LogP contribution in [0.15, 0.2) is 12.3 Å². The van der Waals surface area contributed by atoms with Gasteiger partial charge in [0.05, 0.1) is 12.0 Å². The minimum absolute atomic E-state index is 0.113. The molecule has 0 aliphatic heterocycles. The van der Waals surface area contributed by atoms with Gasteiger partial charge in [-0.3, -0.25) is 10.1 Å². The lowest BCUT2D eigenvalue weighted by molar-refractivity contribution is -0.386. The number of hydrogen-bond acceptors (Lipinski definition) is 4. The lowest BCUT2D eigenvalue weighted by Crippen LogP contribution is -1.95. The fourth-order valence-electron chi connectivity index (χ4n) is 0.706. The quantitative estimate of drug-likeness (QED) is 0.357. The molecule has 0 spiro atoms. The summed E-state index contributed by atoms with van der Waals surface area (Å²) >= 11 is 1.96. The molecule has 0 saturated carbocycles. The monoisotopic (exact) mass is 280 g/mol. The molecule has 0 aromatic carbocycles. The zero-order valence-electron chi connectivity index (χ0n) is 6.15. The molecule has 0 fully saturated rings. The molecular weight excluding hydrogens is 275 g/mol. The Bertz CT molecular complexity index is 316. The van der Waals surface area contributed by atoms with Crippen LogP contribution in [0, 0.1) is 13.8 Å². The summed E-state index contributed by atoms with van der Waals surface area (Å²) in [4.78, 5) is 13.6. The van der Waals surface area contributed by atoms with E-state index < -0.39 is 4.92 Å². The van der Waals surface area contributed by atoms with Crippen LogP contribution in [0.2, 0.25) is 0 Å². The Labute approximate surface area is 82.0 Å². The molecule has 5 nitrogen and oxygen atoms in total. The van der Waals surface area contributed by atoms with Crippen molar-refractivity contribution >= 4 is 28.3 Å². The lowest BCUT2D eigenvalue weighted by atomic mass is 10.4. The Morgan fingerprint density at radius 3 is 2.92 bits per heavy atom. The van der Waals surface area contributed by atoms with Crippen LogP contribution in [-0.2, 0) is 0 Å². The average Bonchev–Trinajstić information content (AvgIpc) is 2.03. The van der Waals surface area contributed by atoms with E-state index >= 15 is 0 Å². The predicted octanol–water partition coefficient (Wildman–Crippen LogP) is 1.60. The highest BCUT2D eigenvalue weighted by Crippen LogP contribution is 2.25. The van der Waals surface area contributed by atoms with Crippen molar-refractivity contribution < 1.29 is 9.66 Å². The van der Waals surface area contributed by atoms with Crippen molar-refractivity contribution in [1.82, 2.24) is 4.98 Å². The zero-order valence-corrected chi connectivity index (χ0v) is 8.31. The number of pyridine rings is 1.